The maximum absolute atomic E-state index is 11.8. The zero-order valence-electron chi connectivity index (χ0n) is 8.97. The number of anilines is 1. The topological polar surface area (TPSA) is 35.2 Å². The number of halogens is 3. The second-order valence-corrected chi connectivity index (χ2v) is 3.65. The number of alkyl halides is 3. The number of nitrogen functional groups attached to an aromatic ring is 1. The van der Waals surface area contributed by atoms with E-state index >= 15 is 0 Å². The van der Waals surface area contributed by atoms with Gasteiger partial charge in [0, 0.05) is 18.2 Å². The van der Waals surface area contributed by atoms with E-state index in [1.807, 2.05) is 6.92 Å². The monoisotopic (exact) mass is 233 g/mol. The molecule has 0 aliphatic rings. The summed E-state index contributed by atoms with van der Waals surface area (Å²) >= 11 is 0. The minimum atomic E-state index is -4.12. The zero-order valence-corrected chi connectivity index (χ0v) is 8.97. The number of rotatable bonds is 4. The summed E-state index contributed by atoms with van der Waals surface area (Å²) in [6, 6.07) is 5.10. The molecule has 0 aliphatic heterocycles. The molecule has 0 amide bonds. The van der Waals surface area contributed by atoms with Gasteiger partial charge in [-0.15, -0.1) is 0 Å². The quantitative estimate of drug-likeness (QED) is 0.639. The molecule has 0 radical (unpaired) electrons. The summed E-state index contributed by atoms with van der Waals surface area (Å²) in [6.07, 6.45) is -4.99. The van der Waals surface area contributed by atoms with E-state index in [9.17, 15) is 13.2 Å². The van der Waals surface area contributed by atoms with Crippen molar-refractivity contribution < 1.29 is 17.9 Å². The van der Waals surface area contributed by atoms with E-state index in [-0.39, 0.29) is 13.0 Å². The maximum Gasteiger partial charge on any atom is 0.389 e. The van der Waals surface area contributed by atoms with Gasteiger partial charge in [-0.1, -0.05) is 0 Å². The molecule has 0 atom stereocenters. The summed E-state index contributed by atoms with van der Waals surface area (Å²) in [5.74, 6) is 0.514. The normalized spacial score (nSPS) is 11.5. The van der Waals surface area contributed by atoms with Gasteiger partial charge in [-0.25, -0.2) is 0 Å². The van der Waals surface area contributed by atoms with E-state index in [2.05, 4.69) is 0 Å². The summed E-state index contributed by atoms with van der Waals surface area (Å²) in [4.78, 5) is 0. The first-order chi connectivity index (χ1) is 7.37. The van der Waals surface area contributed by atoms with Crippen LogP contribution in [0.1, 0.15) is 18.4 Å². The lowest BCUT2D eigenvalue weighted by molar-refractivity contribution is -0.136. The van der Waals surface area contributed by atoms with E-state index in [0.29, 0.717) is 11.4 Å². The smallest absolute Gasteiger partial charge is 0.389 e. The largest absolute Gasteiger partial charge is 0.494 e. The Labute approximate surface area is 92.2 Å². The molecule has 1 aromatic carbocycles. The molecule has 1 rings (SSSR count). The molecule has 0 bridgehead atoms. The minimum absolute atomic E-state index is 0.0441. The molecule has 0 fully saturated rings. The fourth-order valence-electron chi connectivity index (χ4n) is 1.32. The van der Waals surface area contributed by atoms with E-state index in [0.717, 1.165) is 5.56 Å². The summed E-state index contributed by atoms with van der Waals surface area (Å²) in [5, 5.41) is 0. The highest BCUT2D eigenvalue weighted by molar-refractivity contribution is 5.47. The molecule has 0 aliphatic carbocycles. The van der Waals surface area contributed by atoms with E-state index in [4.69, 9.17) is 10.5 Å². The van der Waals surface area contributed by atoms with Gasteiger partial charge in [-0.2, -0.15) is 13.2 Å². The summed E-state index contributed by atoms with van der Waals surface area (Å²) in [5.41, 5.74) is 7.04. The third kappa shape index (κ3) is 4.91. The Hall–Kier alpha value is -1.39. The Bertz CT molecular complexity index is 329. The Morgan fingerprint density at radius 2 is 1.94 bits per heavy atom. The highest BCUT2D eigenvalue weighted by Gasteiger charge is 2.26. The molecule has 0 spiro atoms. The van der Waals surface area contributed by atoms with E-state index in [1.165, 1.54) is 0 Å². The predicted octanol–water partition coefficient (Wildman–Crippen LogP) is 3.30. The lowest BCUT2D eigenvalue weighted by Gasteiger charge is -2.09. The fraction of sp³-hybridized carbons (Fsp3) is 0.455. The molecular formula is C11H14F3NO. The van der Waals surface area contributed by atoms with Crippen molar-refractivity contribution in [2.75, 3.05) is 12.3 Å². The molecule has 2 nitrogen and oxygen atoms in total. The predicted molar refractivity (Wildman–Crippen MR) is 56.4 cm³/mol. The highest BCUT2D eigenvalue weighted by Crippen LogP contribution is 2.22. The molecule has 90 valence electrons. The minimum Gasteiger partial charge on any atom is -0.494 e. The van der Waals surface area contributed by atoms with Crippen LogP contribution in [-0.4, -0.2) is 12.8 Å². The second-order valence-electron chi connectivity index (χ2n) is 3.65. The van der Waals surface area contributed by atoms with Gasteiger partial charge in [0.25, 0.3) is 0 Å². The van der Waals surface area contributed by atoms with Crippen LogP contribution in [0.3, 0.4) is 0 Å². The van der Waals surface area contributed by atoms with Gasteiger partial charge in [0.1, 0.15) is 5.75 Å². The zero-order chi connectivity index (χ0) is 12.2. The van der Waals surface area contributed by atoms with Crippen LogP contribution in [0.2, 0.25) is 0 Å². The Balaban J connectivity index is 2.37. The van der Waals surface area contributed by atoms with Crippen LogP contribution in [0.4, 0.5) is 18.9 Å². The van der Waals surface area contributed by atoms with Gasteiger partial charge < -0.3 is 10.5 Å². The van der Waals surface area contributed by atoms with Crippen molar-refractivity contribution in [3.05, 3.63) is 23.8 Å². The molecule has 0 aromatic heterocycles. The van der Waals surface area contributed by atoms with Crippen molar-refractivity contribution in [2.24, 2.45) is 0 Å². The number of nitrogens with two attached hydrogens (primary N) is 1. The summed E-state index contributed by atoms with van der Waals surface area (Å²) in [7, 11) is 0. The second kappa shape index (κ2) is 5.09. The van der Waals surface area contributed by atoms with Crippen LogP contribution in [0.15, 0.2) is 18.2 Å². The van der Waals surface area contributed by atoms with Gasteiger partial charge >= 0.3 is 6.18 Å². The van der Waals surface area contributed by atoms with Crippen LogP contribution in [0.25, 0.3) is 0 Å². The lowest BCUT2D eigenvalue weighted by Crippen LogP contribution is -2.09. The van der Waals surface area contributed by atoms with Crippen LogP contribution in [0.5, 0.6) is 5.75 Å². The number of hydrogen-bond acceptors (Lipinski definition) is 2. The van der Waals surface area contributed by atoms with Crippen molar-refractivity contribution in [1.29, 1.82) is 0 Å². The van der Waals surface area contributed by atoms with Gasteiger partial charge in [-0.05, 0) is 31.0 Å². The molecule has 1 aromatic rings. The van der Waals surface area contributed by atoms with Crippen LogP contribution in [-0.2, 0) is 0 Å². The van der Waals surface area contributed by atoms with Crippen molar-refractivity contribution in [3.8, 4) is 5.75 Å². The third-order valence-corrected chi connectivity index (χ3v) is 1.95. The van der Waals surface area contributed by atoms with Gasteiger partial charge in [0.15, 0.2) is 0 Å². The van der Waals surface area contributed by atoms with E-state index in [1.54, 1.807) is 18.2 Å². The number of hydrogen-bond donors (Lipinski definition) is 1. The molecule has 16 heavy (non-hydrogen) atoms. The van der Waals surface area contributed by atoms with Crippen LogP contribution in [0, 0.1) is 6.92 Å². The Morgan fingerprint density at radius 3 is 2.50 bits per heavy atom. The van der Waals surface area contributed by atoms with Gasteiger partial charge in [-0.3, -0.25) is 0 Å². The van der Waals surface area contributed by atoms with E-state index < -0.39 is 12.6 Å². The maximum atomic E-state index is 11.8. The van der Waals surface area contributed by atoms with Crippen molar-refractivity contribution >= 4 is 5.69 Å². The third-order valence-electron chi connectivity index (χ3n) is 1.95. The van der Waals surface area contributed by atoms with Crippen molar-refractivity contribution in [1.82, 2.24) is 0 Å². The standard InChI is InChI=1S/C11H14F3NO/c1-8-5-9(15)7-10(6-8)16-4-2-3-11(12,13)14/h5-7H,2-4,15H2,1H3. The Morgan fingerprint density at radius 1 is 1.25 bits per heavy atom. The SMILES string of the molecule is Cc1cc(N)cc(OCCCC(F)(F)F)c1. The Kier molecular flexibility index (Phi) is 4.04. The number of aryl methyl sites for hydroxylation is 1. The molecule has 0 unspecified atom stereocenters. The molecule has 0 heterocycles. The van der Waals surface area contributed by atoms with Crippen molar-refractivity contribution in [2.45, 2.75) is 25.9 Å². The molecule has 2 N–H and O–H groups in total. The summed E-state index contributed by atoms with van der Waals surface area (Å²) in [6.45, 7) is 1.89. The van der Waals surface area contributed by atoms with Crippen molar-refractivity contribution in [3.63, 3.8) is 0 Å². The average Bonchev–Trinajstić information content (AvgIpc) is 2.09. The average molecular weight is 233 g/mol. The highest BCUT2D eigenvalue weighted by atomic mass is 19.4. The first kappa shape index (κ1) is 12.7. The van der Waals surface area contributed by atoms with Crippen LogP contribution < -0.4 is 10.5 Å². The van der Waals surface area contributed by atoms with Crippen LogP contribution >= 0.6 is 0 Å². The number of ether oxygens (including phenoxy) is 1. The number of benzene rings is 1. The molecular weight excluding hydrogens is 219 g/mol. The first-order valence-corrected chi connectivity index (χ1v) is 4.93. The summed E-state index contributed by atoms with van der Waals surface area (Å²) < 4.78 is 40.7. The fourth-order valence-corrected chi connectivity index (χ4v) is 1.32. The van der Waals surface area contributed by atoms with Gasteiger partial charge in [0.2, 0.25) is 0 Å². The lowest BCUT2D eigenvalue weighted by atomic mass is 10.2. The molecule has 5 heteroatoms. The first-order valence-electron chi connectivity index (χ1n) is 4.93. The van der Waals surface area contributed by atoms with Gasteiger partial charge in [0.05, 0.1) is 6.61 Å². The molecule has 0 saturated carbocycles. The molecule has 0 saturated heterocycles.